The third-order valence-electron chi connectivity index (χ3n) is 15.7. The molecule has 3 amide bonds. The monoisotopic (exact) mass is 1590 g/mol. The van der Waals surface area contributed by atoms with Crippen molar-refractivity contribution in [2.24, 2.45) is 0 Å². The van der Waals surface area contributed by atoms with E-state index in [2.05, 4.69) is 15.5 Å². The van der Waals surface area contributed by atoms with E-state index in [0.29, 0.717) is 77.7 Å². The van der Waals surface area contributed by atoms with Crippen molar-refractivity contribution >= 4 is 48.1 Å². The number of aliphatic hydroxyl groups excluding tert-OH is 6. The first-order valence-electron chi connectivity index (χ1n) is 33.7. The van der Waals surface area contributed by atoms with Gasteiger partial charge in [-0.05, 0) is 118 Å². The number of halogens is 5. The van der Waals surface area contributed by atoms with Crippen LogP contribution >= 0.6 is 0 Å². The summed E-state index contributed by atoms with van der Waals surface area (Å²) in [7, 11) is 2.00. The molecule has 5 heterocycles. The molecular formula is C71H96F5K2N7O23. The second-order valence-corrected chi connectivity index (χ2v) is 23.5. The largest absolute Gasteiger partial charge is 1.00 e. The van der Waals surface area contributed by atoms with Crippen LogP contribution in [0.3, 0.4) is 0 Å². The van der Waals surface area contributed by atoms with E-state index in [-0.39, 0.29) is 179 Å². The molecule has 10 rings (SSSR count). The number of β-amino-alcohol motifs (C(OH)–C–C–N with tert-alkyl or cyclic N) is 1. The zero-order valence-electron chi connectivity index (χ0n) is 61.7. The minimum absolute atomic E-state index is 0. The number of carboxylic acid groups (broad SMARTS) is 1. The molecule has 5 aliphatic rings. The van der Waals surface area contributed by atoms with Gasteiger partial charge in [-0.2, -0.15) is 0 Å². The predicted octanol–water partition coefficient (Wildman–Crippen LogP) is 1.33. The van der Waals surface area contributed by atoms with E-state index in [9.17, 15) is 76.4 Å². The number of aliphatic hydroxyl groups is 6. The van der Waals surface area contributed by atoms with Gasteiger partial charge in [-0.1, -0.05) is 91.0 Å². The molecule has 5 aliphatic heterocycles. The van der Waals surface area contributed by atoms with Crippen molar-refractivity contribution in [3.05, 3.63) is 188 Å². The summed E-state index contributed by atoms with van der Waals surface area (Å²) in [4.78, 5) is 93.4. The number of likely N-dealkylation sites (tertiary alicyclic amines) is 3. The number of alkyl halides is 5. The smallest absolute Gasteiger partial charge is 1.00 e. The van der Waals surface area contributed by atoms with Crippen LogP contribution in [0.4, 0.5) is 47.7 Å². The number of carbonyl (C=O) groups excluding carboxylic acids is 5. The number of aromatic carboxylic acids is 1. The molecule has 0 radical (unpaired) electrons. The fourth-order valence-corrected chi connectivity index (χ4v) is 9.97. The molecule has 9 N–H and O–H groups in total. The Morgan fingerprint density at radius 1 is 0.481 bits per heavy atom. The Hall–Kier alpha value is -6.32. The third kappa shape index (κ3) is 42.2. The van der Waals surface area contributed by atoms with Gasteiger partial charge < -0.3 is 91.6 Å². The van der Waals surface area contributed by atoms with Crippen LogP contribution in [0.25, 0.3) is 0 Å². The predicted molar refractivity (Wildman–Crippen MR) is 372 cm³/mol. The molecule has 5 saturated heterocycles. The van der Waals surface area contributed by atoms with Crippen molar-refractivity contribution in [1.29, 1.82) is 0 Å². The number of carbonyl (C=O) groups is 6. The fraction of sp³-hybridized carbons (Fsp3) is 0.493. The number of nitrogens with zero attached hydrogens (tertiary/aromatic N) is 5. The molecule has 108 heavy (non-hydrogen) atoms. The molecule has 0 aliphatic carbocycles. The minimum Gasteiger partial charge on any atom is -1.00 e. The number of non-ortho nitro benzene ring substituents is 2. The number of benzene rings is 5. The number of hydrogen-bond donors (Lipinski definition) is 9. The van der Waals surface area contributed by atoms with Crippen LogP contribution in [0.5, 0.6) is 0 Å². The van der Waals surface area contributed by atoms with Crippen molar-refractivity contribution in [3.8, 4) is 0 Å². The first-order valence-corrected chi connectivity index (χ1v) is 33.7. The van der Waals surface area contributed by atoms with E-state index in [1.807, 2.05) is 91.0 Å². The van der Waals surface area contributed by atoms with Gasteiger partial charge in [0, 0.05) is 71.2 Å². The summed E-state index contributed by atoms with van der Waals surface area (Å²) in [5, 5.41) is 94.2. The molecule has 5 fully saturated rings. The molecule has 10 atom stereocenters. The van der Waals surface area contributed by atoms with E-state index in [0.717, 1.165) is 69.0 Å². The fourth-order valence-electron chi connectivity index (χ4n) is 9.97. The molecule has 30 nitrogen and oxygen atoms in total. The van der Waals surface area contributed by atoms with Gasteiger partial charge in [0.1, 0.15) is 50.6 Å². The number of ether oxygens (including phenoxy) is 4. The Balaban J connectivity index is 0. The average molecular weight is 1590 g/mol. The van der Waals surface area contributed by atoms with Crippen LogP contribution in [0.15, 0.2) is 140 Å². The average Bonchev–Trinajstić information content (AvgIpc) is 1.47. The van der Waals surface area contributed by atoms with Gasteiger partial charge in [0.25, 0.3) is 17.8 Å². The molecule has 0 bridgehead atoms. The minimum atomic E-state index is -1.57. The van der Waals surface area contributed by atoms with Crippen molar-refractivity contribution < 1.29 is 230 Å². The van der Waals surface area contributed by atoms with Crippen molar-refractivity contribution in [1.82, 2.24) is 25.3 Å². The number of rotatable bonds is 12. The number of amides is 3. The summed E-state index contributed by atoms with van der Waals surface area (Å²) in [6.45, 7) is 3.32. The zero-order chi connectivity index (χ0) is 78.8. The molecular weight excluding hydrogens is 1490 g/mol. The van der Waals surface area contributed by atoms with Crippen molar-refractivity contribution in [2.45, 2.75) is 145 Å². The summed E-state index contributed by atoms with van der Waals surface area (Å²) in [6.07, 6.45) is -7.19. The topological polar surface area (TPSA) is 433 Å². The van der Waals surface area contributed by atoms with E-state index in [1.165, 1.54) is 51.1 Å². The van der Waals surface area contributed by atoms with Crippen molar-refractivity contribution in [2.75, 3.05) is 79.7 Å². The van der Waals surface area contributed by atoms with Gasteiger partial charge in [-0.25, -0.2) is 45.9 Å². The normalized spacial score (nSPS) is 21.3. The second kappa shape index (κ2) is 60.4. The van der Waals surface area contributed by atoms with Crippen molar-refractivity contribution in [3.63, 3.8) is 0 Å². The van der Waals surface area contributed by atoms with Gasteiger partial charge in [-0.15, -0.1) is 0 Å². The zero-order valence-corrected chi connectivity index (χ0v) is 66.9. The van der Waals surface area contributed by atoms with E-state index < -0.39 is 101 Å². The summed E-state index contributed by atoms with van der Waals surface area (Å²) in [5.41, 5.74) is 2.48. The van der Waals surface area contributed by atoms with Gasteiger partial charge in [0.05, 0.1) is 65.0 Å². The number of nitro groups is 2. The number of nitrogens with one attached hydrogen (secondary N) is 2. The van der Waals surface area contributed by atoms with Gasteiger partial charge in [0.2, 0.25) is 0 Å². The standard InChI is InChI=1S/C21H21FN2O6.2C14H18FNO3.C7H5NO4.2C6H12FNO.CH2O3.2CH4O.2K.H/c22-18-13-23(21(26)29-14-15-5-2-1-3-6-15)12-4-7-19(18)30-20(25)16-8-10-17(11-9-16)24(27)28;2*15-12-9-16(8-4-7-13(12)17)14(18)19-10-11-5-2-1-3-6-11;9-7(10)5-1-3-6(4-2-5)8(11)12;7-5-4-8-3-1-2-6(5)9;7-5-2-1-3-8-4-6(5)9;2-1-4-3;2*1-2;;;/h1-3,5-6,8-11,18-19H,4,7,12-14H2;2*1-3,5-6,12-13,17H,4,7-10H2;1-4H,(H,9,10);2*5-6,8-9H,1-4H2;1,3H;2*2H,1H3;;;/q;;;;;;;;;2*+1;-1/p-1/t18-,19+;12-,13+;12-,13-;;2*5-,6+;;;;;;/m001.01....../s1. The Morgan fingerprint density at radius 3 is 1.19 bits per heavy atom. The Kier molecular flexibility index (Phi) is 56.9. The number of carboxylic acids is 1. The molecule has 0 spiro atoms. The second-order valence-electron chi connectivity index (χ2n) is 23.5. The molecule has 590 valence electrons. The van der Waals surface area contributed by atoms with Crippen LogP contribution < -0.4 is 119 Å². The van der Waals surface area contributed by atoms with Gasteiger partial charge >= 0.3 is 133 Å². The Morgan fingerprint density at radius 2 is 0.815 bits per heavy atom. The maximum Gasteiger partial charge on any atom is 1.00 e. The summed E-state index contributed by atoms with van der Waals surface area (Å²) >= 11 is 0. The van der Waals surface area contributed by atoms with Gasteiger partial charge in [-0.3, -0.25) is 25.0 Å². The summed E-state index contributed by atoms with van der Waals surface area (Å²) < 4.78 is 87.6. The number of hydrogen-bond acceptors (Lipinski definition) is 24. The van der Waals surface area contributed by atoms with E-state index in [1.54, 1.807) is 0 Å². The molecule has 0 unspecified atom stereocenters. The van der Waals surface area contributed by atoms with Crippen LogP contribution in [0, 0.1) is 20.2 Å². The Labute approximate surface area is 708 Å². The summed E-state index contributed by atoms with van der Waals surface area (Å²) in [6, 6.07) is 37.4. The van der Waals surface area contributed by atoms with Crippen LogP contribution in [0.2, 0.25) is 0 Å². The van der Waals surface area contributed by atoms with Crippen LogP contribution in [0.1, 0.15) is 103 Å². The maximum absolute atomic E-state index is 14.7. The van der Waals surface area contributed by atoms with Crippen LogP contribution in [-0.2, 0) is 48.5 Å². The van der Waals surface area contributed by atoms with Gasteiger partial charge in [0.15, 0.2) is 6.17 Å². The van der Waals surface area contributed by atoms with Crippen LogP contribution in [-0.4, -0.2) is 238 Å². The molecule has 5 aromatic carbocycles. The first kappa shape index (κ1) is 102. The Bertz CT molecular complexity index is 3140. The van der Waals surface area contributed by atoms with E-state index in [4.69, 9.17) is 54.5 Å². The maximum atomic E-state index is 14.7. The first-order chi connectivity index (χ1) is 50.9. The molecule has 0 aromatic heterocycles. The molecule has 37 heteroatoms. The number of esters is 1. The quantitative estimate of drug-likeness (QED) is 0.0124. The third-order valence-corrected chi connectivity index (χ3v) is 15.7. The molecule has 5 aromatic rings. The summed E-state index contributed by atoms with van der Waals surface area (Å²) in [5.74, 6) is -1.86. The number of nitro benzene ring substituents is 2. The van der Waals surface area contributed by atoms with E-state index >= 15 is 0 Å². The SMILES string of the molecule is CO.CO.O=C(O)c1ccc([N+](=O)[O-])cc1.O=C(OCc1ccccc1)N1CCC[C@@H](O)[C@@H](F)C1.O=C(OCc1ccccc1)N1CCC[C@@H](O)[C@H](F)C1.O=C(O[C@@H]1CCCN(C(=O)OCc2ccccc2)C[C@@H]1F)c1ccc([N+](=O)[O-])cc1.O=CO[O-].O[C@@H]1CCCNC[C@@H]1F.O[C@H]1CNCCC[C@H]1F.[H-].[K+].[K+]. The molecule has 0 saturated carbocycles.